The Bertz CT molecular complexity index is 1210. The number of methoxy groups -OCH3 is 1. The van der Waals surface area contributed by atoms with Gasteiger partial charge in [0, 0.05) is 10.4 Å². The third kappa shape index (κ3) is 6.32. The predicted molar refractivity (Wildman–Crippen MR) is 131 cm³/mol. The Labute approximate surface area is 200 Å². The van der Waals surface area contributed by atoms with Gasteiger partial charge in [0.1, 0.15) is 22.5 Å². The van der Waals surface area contributed by atoms with Crippen LogP contribution in [0.3, 0.4) is 0 Å². The first kappa shape index (κ1) is 25.2. The van der Waals surface area contributed by atoms with Gasteiger partial charge in [-0.1, -0.05) is 12.1 Å². The van der Waals surface area contributed by atoms with Crippen molar-refractivity contribution in [2.75, 3.05) is 24.4 Å². The smallest absolute Gasteiger partial charge is 0.244 e. The molecule has 1 amide bonds. The third-order valence-electron chi connectivity index (χ3n) is 4.74. The Morgan fingerprint density at radius 3 is 2.55 bits per heavy atom. The maximum Gasteiger partial charge on any atom is 0.244 e. The first-order valence-electron chi connectivity index (χ1n) is 9.93. The van der Waals surface area contributed by atoms with E-state index in [-0.39, 0.29) is 6.42 Å². The van der Waals surface area contributed by atoms with Gasteiger partial charge >= 0.3 is 0 Å². The lowest BCUT2D eigenvalue weighted by atomic mass is 10.1. The molecule has 2 aromatic carbocycles. The van der Waals surface area contributed by atoms with Gasteiger partial charge in [-0.25, -0.2) is 17.8 Å². The van der Waals surface area contributed by atoms with Crippen LogP contribution < -0.4 is 14.8 Å². The predicted octanol–water partition coefficient (Wildman–Crippen LogP) is 4.30. The van der Waals surface area contributed by atoms with Crippen molar-refractivity contribution in [3.05, 3.63) is 59.2 Å². The summed E-state index contributed by atoms with van der Waals surface area (Å²) in [6, 6.07) is 11.3. The molecule has 0 bridgehead atoms. The highest BCUT2D eigenvalue weighted by atomic mass is 32.2. The minimum absolute atomic E-state index is 0.233. The summed E-state index contributed by atoms with van der Waals surface area (Å²) in [6.45, 7) is 1.89. The molecule has 0 fully saturated rings. The standard InChI is InChI=1S/C22H24FN3O4S3/c1-14-20(15-8-10-16(30-2)11-9-15)24-22(32-14)25-21(27)18(12-13-31-3)26-33(28,29)19-7-5-4-6-17(19)23/h4-11,18,26H,12-13H2,1-3H3,(H,24,25,27)/t18-/m1/s1. The molecule has 11 heteroatoms. The number of thioether (sulfide) groups is 1. The number of hydrogen-bond donors (Lipinski definition) is 2. The second-order valence-electron chi connectivity index (χ2n) is 7.03. The van der Waals surface area contributed by atoms with Crippen LogP contribution in [0.25, 0.3) is 11.3 Å². The Balaban J connectivity index is 1.79. The average Bonchev–Trinajstić information content (AvgIpc) is 3.16. The maximum absolute atomic E-state index is 14.1. The van der Waals surface area contributed by atoms with Crippen molar-refractivity contribution in [2.24, 2.45) is 0 Å². The zero-order chi connectivity index (χ0) is 24.0. The normalized spacial score (nSPS) is 12.4. The van der Waals surface area contributed by atoms with Crippen molar-refractivity contribution in [1.82, 2.24) is 9.71 Å². The second-order valence-corrected chi connectivity index (χ2v) is 10.9. The van der Waals surface area contributed by atoms with Crippen LogP contribution in [-0.2, 0) is 14.8 Å². The van der Waals surface area contributed by atoms with Crippen molar-refractivity contribution in [2.45, 2.75) is 24.3 Å². The molecule has 1 atom stereocenters. The number of thiazole rings is 1. The van der Waals surface area contributed by atoms with Crippen molar-refractivity contribution in [1.29, 1.82) is 0 Å². The average molecular weight is 510 g/mol. The summed E-state index contributed by atoms with van der Waals surface area (Å²) in [5, 5.41) is 3.06. The van der Waals surface area contributed by atoms with E-state index < -0.39 is 32.7 Å². The van der Waals surface area contributed by atoms with Crippen LogP contribution in [0.2, 0.25) is 0 Å². The molecule has 1 aromatic heterocycles. The molecule has 0 radical (unpaired) electrons. The number of nitrogens with one attached hydrogen (secondary N) is 2. The number of carbonyl (C=O) groups is 1. The Kier molecular flexibility index (Phi) is 8.46. The number of aryl methyl sites for hydroxylation is 1. The molecule has 0 aliphatic rings. The van der Waals surface area contributed by atoms with Crippen LogP contribution in [0.15, 0.2) is 53.4 Å². The van der Waals surface area contributed by atoms with E-state index in [2.05, 4.69) is 15.0 Å². The molecule has 33 heavy (non-hydrogen) atoms. The molecule has 2 N–H and O–H groups in total. The van der Waals surface area contributed by atoms with Crippen molar-refractivity contribution in [3.63, 3.8) is 0 Å². The molecule has 0 unspecified atom stereocenters. The lowest BCUT2D eigenvalue weighted by molar-refractivity contribution is -0.117. The number of sulfonamides is 1. The van der Waals surface area contributed by atoms with Gasteiger partial charge in [0.2, 0.25) is 15.9 Å². The number of nitrogens with zero attached hydrogens (tertiary/aromatic N) is 1. The number of benzene rings is 2. The third-order valence-corrected chi connectivity index (χ3v) is 7.78. The van der Waals surface area contributed by atoms with Gasteiger partial charge in [-0.2, -0.15) is 16.5 Å². The molecule has 0 saturated heterocycles. The van der Waals surface area contributed by atoms with E-state index in [1.54, 1.807) is 7.11 Å². The lowest BCUT2D eigenvalue weighted by Crippen LogP contribution is -2.44. The van der Waals surface area contributed by atoms with E-state index in [0.29, 0.717) is 16.6 Å². The molecule has 0 saturated carbocycles. The first-order valence-corrected chi connectivity index (χ1v) is 13.6. The SMILES string of the molecule is COc1ccc(-c2nc(NC(=O)[C@@H](CCSC)NS(=O)(=O)c3ccccc3F)sc2C)cc1. The zero-order valence-corrected chi connectivity index (χ0v) is 20.7. The molecule has 0 spiro atoms. The number of rotatable bonds is 10. The fraction of sp³-hybridized carbons (Fsp3) is 0.273. The summed E-state index contributed by atoms with van der Waals surface area (Å²) >= 11 is 2.76. The monoisotopic (exact) mass is 509 g/mol. The van der Waals surface area contributed by atoms with Gasteiger partial charge < -0.3 is 10.1 Å². The quantitative estimate of drug-likeness (QED) is 0.423. The summed E-state index contributed by atoms with van der Waals surface area (Å²) in [5.74, 6) is -0.182. The second kappa shape index (κ2) is 11.1. The van der Waals surface area contributed by atoms with Gasteiger partial charge in [-0.3, -0.25) is 4.79 Å². The van der Waals surface area contributed by atoms with Crippen LogP contribution in [0.1, 0.15) is 11.3 Å². The number of anilines is 1. The number of amides is 1. The van der Waals surface area contributed by atoms with Crippen LogP contribution >= 0.6 is 23.1 Å². The minimum atomic E-state index is -4.23. The van der Waals surface area contributed by atoms with E-state index >= 15 is 0 Å². The Morgan fingerprint density at radius 2 is 1.91 bits per heavy atom. The van der Waals surface area contributed by atoms with E-state index in [4.69, 9.17) is 4.74 Å². The molecule has 3 rings (SSSR count). The molecule has 0 aliphatic carbocycles. The number of aromatic nitrogens is 1. The number of hydrogen-bond acceptors (Lipinski definition) is 7. The molecular formula is C22H24FN3O4S3. The molecule has 176 valence electrons. The fourth-order valence-corrected chi connectivity index (χ4v) is 5.67. The highest BCUT2D eigenvalue weighted by Crippen LogP contribution is 2.31. The van der Waals surface area contributed by atoms with E-state index in [1.807, 2.05) is 37.4 Å². The van der Waals surface area contributed by atoms with Gasteiger partial charge in [0.25, 0.3) is 0 Å². The molecular weight excluding hydrogens is 485 g/mol. The number of halogens is 1. The largest absolute Gasteiger partial charge is 0.497 e. The van der Waals surface area contributed by atoms with Crippen molar-refractivity contribution < 1.29 is 22.3 Å². The van der Waals surface area contributed by atoms with Crippen molar-refractivity contribution in [3.8, 4) is 17.0 Å². The van der Waals surface area contributed by atoms with E-state index in [1.165, 1.54) is 35.2 Å². The van der Waals surface area contributed by atoms with Crippen molar-refractivity contribution >= 4 is 44.2 Å². The Morgan fingerprint density at radius 1 is 1.21 bits per heavy atom. The van der Waals surface area contributed by atoms with E-state index in [9.17, 15) is 17.6 Å². The van der Waals surface area contributed by atoms with Gasteiger partial charge in [-0.05, 0) is 61.8 Å². The lowest BCUT2D eigenvalue weighted by Gasteiger charge is -2.17. The van der Waals surface area contributed by atoms with Gasteiger partial charge in [-0.15, -0.1) is 11.3 Å². The van der Waals surface area contributed by atoms with Crippen LogP contribution in [0.5, 0.6) is 5.75 Å². The molecule has 1 heterocycles. The highest BCUT2D eigenvalue weighted by Gasteiger charge is 2.28. The number of carbonyl (C=O) groups excluding carboxylic acids is 1. The number of ether oxygens (including phenoxy) is 1. The summed E-state index contributed by atoms with van der Waals surface area (Å²) in [5.41, 5.74) is 1.58. The van der Waals surface area contributed by atoms with Gasteiger partial charge in [0.05, 0.1) is 12.8 Å². The summed E-state index contributed by atoms with van der Waals surface area (Å²) in [6.07, 6.45) is 2.09. The van der Waals surface area contributed by atoms with Crippen LogP contribution in [0.4, 0.5) is 9.52 Å². The van der Waals surface area contributed by atoms with Gasteiger partial charge in [0.15, 0.2) is 5.13 Å². The Hall–Kier alpha value is -2.47. The highest BCUT2D eigenvalue weighted by molar-refractivity contribution is 7.98. The zero-order valence-electron chi connectivity index (χ0n) is 18.3. The molecule has 7 nitrogen and oxygen atoms in total. The fourth-order valence-electron chi connectivity index (χ4n) is 3.05. The topological polar surface area (TPSA) is 97.4 Å². The van der Waals surface area contributed by atoms with Crippen LogP contribution in [0, 0.1) is 12.7 Å². The minimum Gasteiger partial charge on any atom is -0.497 e. The summed E-state index contributed by atoms with van der Waals surface area (Å²) in [4.78, 5) is 17.9. The van der Waals surface area contributed by atoms with E-state index in [0.717, 1.165) is 28.3 Å². The van der Waals surface area contributed by atoms with Crippen LogP contribution in [-0.4, -0.2) is 44.5 Å². The molecule has 3 aromatic rings. The summed E-state index contributed by atoms with van der Waals surface area (Å²) < 4.78 is 47.0. The maximum atomic E-state index is 14.1. The molecule has 0 aliphatic heterocycles. The summed E-state index contributed by atoms with van der Waals surface area (Å²) in [7, 11) is -2.65. The first-order chi connectivity index (χ1) is 15.7.